The maximum Gasteiger partial charge on any atom is 0.193 e. The van der Waals surface area contributed by atoms with E-state index >= 15 is 0 Å². The predicted molar refractivity (Wildman–Crippen MR) is 92.4 cm³/mol. The number of nitrogens with one attached hydrogen (secondary N) is 1. The number of hydrogen-bond acceptors (Lipinski definition) is 2. The van der Waals surface area contributed by atoms with Gasteiger partial charge in [-0.25, -0.2) is 0 Å². The van der Waals surface area contributed by atoms with E-state index in [1.807, 2.05) is 38.1 Å². The molecule has 1 rings (SSSR count). The van der Waals surface area contributed by atoms with Crippen LogP contribution in [0.15, 0.2) is 29.3 Å². The van der Waals surface area contributed by atoms with Gasteiger partial charge in [-0.1, -0.05) is 17.7 Å². The average molecular weight is 377 g/mol. The Morgan fingerprint density at radius 1 is 1.32 bits per heavy atom. The topological polar surface area (TPSA) is 59.6 Å². The van der Waals surface area contributed by atoms with Crippen molar-refractivity contribution < 1.29 is 4.74 Å². The first kappa shape index (κ1) is 18.2. The molecular weight excluding hydrogens is 353 g/mol. The Hall–Kier alpha value is -0.820. The highest BCUT2D eigenvalue weighted by molar-refractivity contribution is 14.0. The van der Waals surface area contributed by atoms with Crippen LogP contribution >= 0.6 is 24.0 Å². The van der Waals surface area contributed by atoms with E-state index < -0.39 is 0 Å². The summed E-state index contributed by atoms with van der Waals surface area (Å²) in [7, 11) is 0. The summed E-state index contributed by atoms with van der Waals surface area (Å²) < 4.78 is 5.42. The van der Waals surface area contributed by atoms with Gasteiger partial charge in [-0.2, -0.15) is 0 Å². The van der Waals surface area contributed by atoms with Crippen LogP contribution in [-0.2, 0) is 4.74 Å². The Balaban J connectivity index is 0.00000324. The van der Waals surface area contributed by atoms with Crippen molar-refractivity contribution in [3.8, 4) is 0 Å². The van der Waals surface area contributed by atoms with Gasteiger partial charge in [0.2, 0.25) is 0 Å². The predicted octanol–water partition coefficient (Wildman–Crippen LogP) is 3.15. The molecule has 0 aliphatic rings. The Kier molecular flexibility index (Phi) is 9.59. The average Bonchev–Trinajstić information content (AvgIpc) is 2.31. The Morgan fingerprint density at radius 2 is 1.95 bits per heavy atom. The van der Waals surface area contributed by atoms with Gasteiger partial charge in [0.25, 0.3) is 0 Å². The zero-order valence-electron chi connectivity index (χ0n) is 11.8. The standard InChI is InChI=1S/C14H23N3O.HI/c1-11(2)18-10-4-9-16-14(15)17-13-7-5-12(3)6-8-13;/h5-8,11H,4,9-10H2,1-3H3,(H3,15,16,17);1H. The molecule has 0 heterocycles. The molecule has 0 amide bonds. The molecule has 0 radical (unpaired) electrons. The van der Waals surface area contributed by atoms with Crippen molar-refractivity contribution in [1.29, 1.82) is 0 Å². The van der Waals surface area contributed by atoms with Crippen molar-refractivity contribution in [2.75, 3.05) is 18.5 Å². The van der Waals surface area contributed by atoms with Crippen LogP contribution in [0.1, 0.15) is 25.8 Å². The molecule has 3 N–H and O–H groups in total. The summed E-state index contributed by atoms with van der Waals surface area (Å²) >= 11 is 0. The molecule has 1 aromatic rings. The van der Waals surface area contributed by atoms with Gasteiger partial charge in [-0.05, 0) is 39.3 Å². The lowest BCUT2D eigenvalue weighted by Crippen LogP contribution is -2.23. The molecule has 19 heavy (non-hydrogen) atoms. The van der Waals surface area contributed by atoms with Crippen molar-refractivity contribution in [3.63, 3.8) is 0 Å². The molecule has 0 aromatic heterocycles. The van der Waals surface area contributed by atoms with E-state index in [4.69, 9.17) is 10.5 Å². The molecule has 0 saturated carbocycles. The van der Waals surface area contributed by atoms with Crippen LogP contribution < -0.4 is 11.1 Å². The SMILES string of the molecule is Cc1ccc(NC(N)=NCCCOC(C)C)cc1.I. The number of halogens is 1. The Morgan fingerprint density at radius 3 is 2.53 bits per heavy atom. The zero-order chi connectivity index (χ0) is 13.4. The van der Waals surface area contributed by atoms with E-state index in [1.54, 1.807) is 0 Å². The molecule has 0 aliphatic heterocycles. The van der Waals surface area contributed by atoms with Crippen LogP contribution in [0, 0.1) is 6.92 Å². The Bertz CT molecular complexity index is 377. The van der Waals surface area contributed by atoms with Gasteiger partial charge < -0.3 is 15.8 Å². The number of hydrogen-bond donors (Lipinski definition) is 2. The third-order valence-electron chi connectivity index (χ3n) is 2.36. The van der Waals surface area contributed by atoms with Gasteiger partial charge in [0.15, 0.2) is 5.96 Å². The van der Waals surface area contributed by atoms with Gasteiger partial charge in [-0.15, -0.1) is 24.0 Å². The zero-order valence-corrected chi connectivity index (χ0v) is 14.2. The van der Waals surface area contributed by atoms with Crippen molar-refractivity contribution in [2.45, 2.75) is 33.3 Å². The van der Waals surface area contributed by atoms with Crippen molar-refractivity contribution in [3.05, 3.63) is 29.8 Å². The van der Waals surface area contributed by atoms with Crippen LogP contribution in [-0.4, -0.2) is 25.2 Å². The molecule has 0 bridgehead atoms. The van der Waals surface area contributed by atoms with Crippen molar-refractivity contribution in [2.24, 2.45) is 10.7 Å². The van der Waals surface area contributed by atoms with Crippen LogP contribution in [0.4, 0.5) is 5.69 Å². The van der Waals surface area contributed by atoms with Crippen molar-refractivity contribution >= 4 is 35.6 Å². The molecule has 0 aliphatic carbocycles. The molecule has 0 saturated heterocycles. The first-order valence-corrected chi connectivity index (χ1v) is 6.33. The highest BCUT2D eigenvalue weighted by Gasteiger charge is 1.95. The van der Waals surface area contributed by atoms with Crippen LogP contribution in [0.25, 0.3) is 0 Å². The molecular formula is C14H24IN3O. The minimum absolute atomic E-state index is 0. The van der Waals surface area contributed by atoms with E-state index in [-0.39, 0.29) is 30.1 Å². The van der Waals surface area contributed by atoms with E-state index in [0.717, 1.165) is 18.7 Å². The lowest BCUT2D eigenvalue weighted by Gasteiger charge is -2.07. The van der Waals surface area contributed by atoms with E-state index in [9.17, 15) is 0 Å². The largest absolute Gasteiger partial charge is 0.379 e. The lowest BCUT2D eigenvalue weighted by molar-refractivity contribution is 0.0783. The number of aliphatic imine (C=N–C) groups is 1. The molecule has 1 aromatic carbocycles. The first-order chi connectivity index (χ1) is 8.58. The second-order valence-corrected chi connectivity index (χ2v) is 4.53. The molecule has 0 unspecified atom stereocenters. The third-order valence-corrected chi connectivity index (χ3v) is 2.36. The fraction of sp³-hybridized carbons (Fsp3) is 0.500. The fourth-order valence-electron chi connectivity index (χ4n) is 1.41. The molecule has 5 heteroatoms. The number of aryl methyl sites for hydroxylation is 1. The Labute approximate surface area is 132 Å². The third kappa shape index (κ3) is 8.83. The maximum absolute atomic E-state index is 5.78. The van der Waals surface area contributed by atoms with Gasteiger partial charge in [-0.3, -0.25) is 4.99 Å². The van der Waals surface area contributed by atoms with E-state index in [0.29, 0.717) is 12.5 Å². The van der Waals surface area contributed by atoms with Crippen LogP contribution in [0.2, 0.25) is 0 Å². The van der Waals surface area contributed by atoms with E-state index in [1.165, 1.54) is 5.56 Å². The van der Waals surface area contributed by atoms with Crippen LogP contribution in [0.3, 0.4) is 0 Å². The molecule has 0 spiro atoms. The number of ether oxygens (including phenoxy) is 1. The van der Waals surface area contributed by atoms with Gasteiger partial charge >= 0.3 is 0 Å². The highest BCUT2D eigenvalue weighted by atomic mass is 127. The molecule has 4 nitrogen and oxygen atoms in total. The highest BCUT2D eigenvalue weighted by Crippen LogP contribution is 2.07. The summed E-state index contributed by atoms with van der Waals surface area (Å²) in [5.74, 6) is 0.448. The second-order valence-electron chi connectivity index (χ2n) is 4.53. The quantitative estimate of drug-likeness (QED) is 0.347. The first-order valence-electron chi connectivity index (χ1n) is 6.33. The molecule has 0 fully saturated rings. The molecule has 0 atom stereocenters. The lowest BCUT2D eigenvalue weighted by atomic mass is 10.2. The van der Waals surface area contributed by atoms with Gasteiger partial charge in [0, 0.05) is 18.8 Å². The number of nitrogens with zero attached hydrogens (tertiary/aromatic N) is 1. The summed E-state index contributed by atoms with van der Waals surface area (Å²) in [5, 5.41) is 3.06. The summed E-state index contributed by atoms with van der Waals surface area (Å²) in [6, 6.07) is 8.04. The summed E-state index contributed by atoms with van der Waals surface area (Å²) in [6.07, 6.45) is 1.16. The summed E-state index contributed by atoms with van der Waals surface area (Å²) in [5.41, 5.74) is 7.97. The number of guanidine groups is 1. The van der Waals surface area contributed by atoms with E-state index in [2.05, 4.69) is 17.2 Å². The summed E-state index contributed by atoms with van der Waals surface area (Å²) in [4.78, 5) is 4.24. The number of nitrogens with two attached hydrogens (primary N) is 1. The fourth-order valence-corrected chi connectivity index (χ4v) is 1.41. The normalized spacial score (nSPS) is 11.3. The number of benzene rings is 1. The maximum atomic E-state index is 5.78. The van der Waals surface area contributed by atoms with Crippen LogP contribution in [0.5, 0.6) is 0 Å². The number of rotatable bonds is 6. The molecule has 108 valence electrons. The second kappa shape index (κ2) is 10.0. The smallest absolute Gasteiger partial charge is 0.193 e. The number of anilines is 1. The van der Waals surface area contributed by atoms with Gasteiger partial charge in [0.05, 0.1) is 6.10 Å². The minimum atomic E-state index is 0. The van der Waals surface area contributed by atoms with Crippen molar-refractivity contribution in [1.82, 2.24) is 0 Å². The summed E-state index contributed by atoms with van der Waals surface area (Å²) in [6.45, 7) is 7.50. The van der Waals surface area contributed by atoms with Gasteiger partial charge in [0.1, 0.15) is 0 Å². The monoisotopic (exact) mass is 377 g/mol. The minimum Gasteiger partial charge on any atom is -0.379 e.